The van der Waals surface area contributed by atoms with Crippen LogP contribution in [0.1, 0.15) is 37.4 Å². The van der Waals surface area contributed by atoms with Crippen LogP contribution in [0.15, 0.2) is 18.2 Å². The third-order valence-corrected chi connectivity index (χ3v) is 3.75. The molecule has 0 aromatic heterocycles. The Labute approximate surface area is 112 Å². The zero-order valence-electron chi connectivity index (χ0n) is 10.2. The van der Waals surface area contributed by atoms with Gasteiger partial charge < -0.3 is 9.84 Å². The third kappa shape index (κ3) is 3.67. The highest BCUT2D eigenvalue weighted by Crippen LogP contribution is 2.28. The molecule has 100 valence electrons. The Balaban J connectivity index is 1.88. The first-order valence-corrected chi connectivity index (χ1v) is 6.75. The van der Waals surface area contributed by atoms with Crippen LogP contribution in [0.4, 0.5) is 4.39 Å². The fraction of sp³-hybridized carbons (Fsp3) is 0.571. The number of ether oxygens (including phenoxy) is 1. The van der Waals surface area contributed by atoms with Crippen molar-refractivity contribution >= 4 is 11.6 Å². The molecule has 2 nitrogen and oxygen atoms in total. The minimum atomic E-state index is -0.745. The van der Waals surface area contributed by atoms with Crippen molar-refractivity contribution in [2.75, 3.05) is 13.2 Å². The van der Waals surface area contributed by atoms with E-state index < -0.39 is 11.9 Å². The molecule has 0 unspecified atom stereocenters. The number of aliphatic hydroxyl groups is 1. The van der Waals surface area contributed by atoms with Gasteiger partial charge >= 0.3 is 0 Å². The van der Waals surface area contributed by atoms with E-state index in [1.807, 2.05) is 0 Å². The second kappa shape index (κ2) is 6.50. The Morgan fingerprint density at radius 2 is 2.11 bits per heavy atom. The summed E-state index contributed by atoms with van der Waals surface area (Å²) < 4.78 is 18.9. The molecule has 1 N–H and O–H groups in total. The van der Waals surface area contributed by atoms with Gasteiger partial charge in [0.15, 0.2) is 0 Å². The Morgan fingerprint density at radius 1 is 1.39 bits per heavy atom. The smallest absolute Gasteiger partial charge is 0.130 e. The van der Waals surface area contributed by atoms with Gasteiger partial charge in [0.25, 0.3) is 0 Å². The molecular formula is C14H18ClFO2. The summed E-state index contributed by atoms with van der Waals surface area (Å²) in [6, 6.07) is 4.42. The van der Waals surface area contributed by atoms with E-state index in [0.717, 1.165) is 32.5 Å². The SMILES string of the molecule is O[C@H](CCC1CCOCC1)c1ccc(Cl)cc1F. The highest BCUT2D eigenvalue weighted by atomic mass is 35.5. The van der Waals surface area contributed by atoms with E-state index in [1.54, 1.807) is 12.1 Å². The van der Waals surface area contributed by atoms with Crippen molar-refractivity contribution in [3.05, 3.63) is 34.6 Å². The molecule has 1 aliphatic rings. The lowest BCUT2D eigenvalue weighted by atomic mass is 9.92. The lowest BCUT2D eigenvalue weighted by molar-refractivity contribution is 0.0566. The standard InChI is InChI=1S/C14H18ClFO2/c15-11-2-3-12(13(16)9-11)14(17)4-1-10-5-7-18-8-6-10/h2-3,9-10,14,17H,1,4-8H2/t14-/m1/s1. The van der Waals surface area contributed by atoms with E-state index in [4.69, 9.17) is 16.3 Å². The van der Waals surface area contributed by atoms with Crippen LogP contribution in [0.25, 0.3) is 0 Å². The summed E-state index contributed by atoms with van der Waals surface area (Å²) in [7, 11) is 0. The molecule has 0 bridgehead atoms. The normalized spacial score (nSPS) is 18.8. The predicted octanol–water partition coefficient (Wildman–Crippen LogP) is 3.72. The van der Waals surface area contributed by atoms with Gasteiger partial charge in [-0.2, -0.15) is 0 Å². The Bertz CT molecular complexity index is 391. The van der Waals surface area contributed by atoms with Gasteiger partial charge in [-0.05, 0) is 43.7 Å². The number of hydrogen-bond acceptors (Lipinski definition) is 2. The van der Waals surface area contributed by atoms with Crippen molar-refractivity contribution in [3.8, 4) is 0 Å². The van der Waals surface area contributed by atoms with E-state index in [-0.39, 0.29) is 0 Å². The maximum Gasteiger partial charge on any atom is 0.130 e. The molecule has 0 radical (unpaired) electrons. The second-order valence-corrected chi connectivity index (χ2v) is 5.25. The van der Waals surface area contributed by atoms with Gasteiger partial charge in [-0.25, -0.2) is 4.39 Å². The number of benzene rings is 1. The summed E-state index contributed by atoms with van der Waals surface area (Å²) in [4.78, 5) is 0. The van der Waals surface area contributed by atoms with E-state index in [0.29, 0.717) is 22.9 Å². The largest absolute Gasteiger partial charge is 0.388 e. The van der Waals surface area contributed by atoms with E-state index in [1.165, 1.54) is 6.07 Å². The Hall–Kier alpha value is -0.640. The van der Waals surface area contributed by atoms with Crippen molar-refractivity contribution < 1.29 is 14.2 Å². The summed E-state index contributed by atoms with van der Waals surface area (Å²) in [6.45, 7) is 1.60. The molecule has 1 heterocycles. The average Bonchev–Trinajstić information content (AvgIpc) is 2.37. The van der Waals surface area contributed by atoms with Crippen molar-refractivity contribution in [3.63, 3.8) is 0 Å². The summed E-state index contributed by atoms with van der Waals surface area (Å²) in [6.07, 6.45) is 2.83. The van der Waals surface area contributed by atoms with Gasteiger partial charge in [0, 0.05) is 23.8 Å². The second-order valence-electron chi connectivity index (χ2n) is 4.81. The van der Waals surface area contributed by atoms with Crippen LogP contribution in [0.2, 0.25) is 5.02 Å². The molecule has 0 saturated carbocycles. The quantitative estimate of drug-likeness (QED) is 0.905. The minimum absolute atomic E-state index is 0.339. The summed E-state index contributed by atoms with van der Waals surface area (Å²) in [5.41, 5.74) is 0.339. The van der Waals surface area contributed by atoms with Crippen LogP contribution in [0.5, 0.6) is 0 Å². The maximum absolute atomic E-state index is 13.6. The Morgan fingerprint density at radius 3 is 2.78 bits per heavy atom. The van der Waals surface area contributed by atoms with E-state index in [9.17, 15) is 9.50 Å². The maximum atomic E-state index is 13.6. The third-order valence-electron chi connectivity index (χ3n) is 3.51. The molecule has 1 saturated heterocycles. The molecule has 1 atom stereocenters. The summed E-state index contributed by atoms with van der Waals surface area (Å²) in [5.74, 6) is 0.158. The van der Waals surface area contributed by atoms with Gasteiger partial charge in [-0.3, -0.25) is 0 Å². The van der Waals surface area contributed by atoms with Crippen LogP contribution in [0.3, 0.4) is 0 Å². The van der Waals surface area contributed by atoms with Gasteiger partial charge in [-0.15, -0.1) is 0 Å². The van der Waals surface area contributed by atoms with E-state index in [2.05, 4.69) is 0 Å². The summed E-state index contributed by atoms with van der Waals surface area (Å²) in [5, 5.41) is 10.4. The van der Waals surface area contributed by atoms with Gasteiger partial charge in [-0.1, -0.05) is 17.7 Å². The van der Waals surface area contributed by atoms with Crippen LogP contribution < -0.4 is 0 Å². The molecule has 1 fully saturated rings. The molecule has 0 aliphatic carbocycles. The number of halogens is 2. The molecule has 1 aliphatic heterocycles. The fourth-order valence-corrected chi connectivity index (χ4v) is 2.51. The topological polar surface area (TPSA) is 29.5 Å². The molecule has 2 rings (SSSR count). The fourth-order valence-electron chi connectivity index (χ4n) is 2.36. The lowest BCUT2D eigenvalue weighted by Gasteiger charge is -2.23. The van der Waals surface area contributed by atoms with Crippen LogP contribution in [-0.2, 0) is 4.74 Å². The van der Waals surface area contributed by atoms with Gasteiger partial charge in [0.05, 0.1) is 6.10 Å². The van der Waals surface area contributed by atoms with Crippen molar-refractivity contribution in [1.29, 1.82) is 0 Å². The molecule has 1 aromatic carbocycles. The molecule has 1 aromatic rings. The van der Waals surface area contributed by atoms with Crippen LogP contribution >= 0.6 is 11.6 Å². The highest BCUT2D eigenvalue weighted by Gasteiger charge is 2.18. The summed E-state index contributed by atoms with van der Waals surface area (Å²) >= 11 is 5.68. The first-order valence-electron chi connectivity index (χ1n) is 6.37. The van der Waals surface area contributed by atoms with Crippen molar-refractivity contribution in [2.45, 2.75) is 31.8 Å². The van der Waals surface area contributed by atoms with Gasteiger partial charge in [0.1, 0.15) is 5.82 Å². The van der Waals surface area contributed by atoms with Crippen LogP contribution in [-0.4, -0.2) is 18.3 Å². The first kappa shape index (κ1) is 13.8. The number of hydrogen-bond donors (Lipinski definition) is 1. The monoisotopic (exact) mass is 272 g/mol. The molecule has 4 heteroatoms. The van der Waals surface area contributed by atoms with E-state index >= 15 is 0 Å². The lowest BCUT2D eigenvalue weighted by Crippen LogP contribution is -2.16. The number of aliphatic hydroxyl groups excluding tert-OH is 1. The minimum Gasteiger partial charge on any atom is -0.388 e. The Kier molecular flexibility index (Phi) is 4.98. The average molecular weight is 273 g/mol. The predicted molar refractivity (Wildman–Crippen MR) is 69.1 cm³/mol. The molecular weight excluding hydrogens is 255 g/mol. The van der Waals surface area contributed by atoms with Crippen molar-refractivity contribution in [2.24, 2.45) is 5.92 Å². The molecule has 0 amide bonds. The number of rotatable bonds is 4. The molecule has 0 spiro atoms. The highest BCUT2D eigenvalue weighted by molar-refractivity contribution is 6.30. The molecule has 18 heavy (non-hydrogen) atoms. The zero-order chi connectivity index (χ0) is 13.0. The van der Waals surface area contributed by atoms with Crippen LogP contribution in [0, 0.1) is 11.7 Å². The van der Waals surface area contributed by atoms with Crippen molar-refractivity contribution in [1.82, 2.24) is 0 Å². The zero-order valence-corrected chi connectivity index (χ0v) is 11.0. The first-order chi connectivity index (χ1) is 8.66. The van der Waals surface area contributed by atoms with Gasteiger partial charge in [0.2, 0.25) is 0 Å².